The van der Waals surface area contributed by atoms with Crippen molar-refractivity contribution < 1.29 is 4.79 Å². The van der Waals surface area contributed by atoms with E-state index in [9.17, 15) is 4.79 Å². The third-order valence-electron chi connectivity index (χ3n) is 4.84. The van der Waals surface area contributed by atoms with Gasteiger partial charge in [0.1, 0.15) is 6.17 Å². The second-order valence-corrected chi connectivity index (χ2v) is 7.06. The van der Waals surface area contributed by atoms with Gasteiger partial charge in [0.25, 0.3) is 0 Å². The molecule has 4 atom stereocenters. The Morgan fingerprint density at radius 2 is 2.05 bits per heavy atom. The van der Waals surface area contributed by atoms with Crippen LogP contribution in [0.3, 0.4) is 0 Å². The van der Waals surface area contributed by atoms with E-state index in [4.69, 9.17) is 0 Å². The predicted octanol–water partition coefficient (Wildman–Crippen LogP) is 3.54. The first-order chi connectivity index (χ1) is 9.68. The van der Waals surface area contributed by atoms with E-state index in [1.54, 1.807) is 11.3 Å². The van der Waals surface area contributed by atoms with Crippen LogP contribution >= 0.6 is 11.3 Å². The lowest BCUT2D eigenvalue weighted by Gasteiger charge is -2.35. The second kappa shape index (κ2) is 5.86. The molecule has 0 aromatic carbocycles. The maximum Gasteiger partial charge on any atom is 0.241 e. The molecule has 20 heavy (non-hydrogen) atoms. The zero-order valence-electron chi connectivity index (χ0n) is 12.3. The molecule has 1 aliphatic heterocycles. The quantitative estimate of drug-likeness (QED) is 0.846. The summed E-state index contributed by atoms with van der Waals surface area (Å²) in [6, 6.07) is 2.48. The number of thiophene rings is 1. The van der Waals surface area contributed by atoms with Gasteiger partial charge in [-0.25, -0.2) is 0 Å². The van der Waals surface area contributed by atoms with E-state index >= 15 is 0 Å². The fourth-order valence-electron chi connectivity index (χ4n) is 3.67. The first-order valence-corrected chi connectivity index (χ1v) is 8.73. The van der Waals surface area contributed by atoms with E-state index in [-0.39, 0.29) is 18.1 Å². The van der Waals surface area contributed by atoms with Crippen LogP contribution in [0.25, 0.3) is 0 Å². The molecule has 1 aromatic heterocycles. The van der Waals surface area contributed by atoms with Gasteiger partial charge in [0.15, 0.2) is 0 Å². The molecule has 1 aliphatic carbocycles. The SMILES string of the molecule is CC1NC(c2ccsc2)N(C2CCCCCC2C)C1=O. The Bertz CT molecular complexity index is 459. The predicted molar refractivity (Wildman–Crippen MR) is 82.5 cm³/mol. The monoisotopic (exact) mass is 292 g/mol. The van der Waals surface area contributed by atoms with Crippen molar-refractivity contribution in [2.75, 3.05) is 0 Å². The third-order valence-corrected chi connectivity index (χ3v) is 5.54. The summed E-state index contributed by atoms with van der Waals surface area (Å²) < 4.78 is 0. The second-order valence-electron chi connectivity index (χ2n) is 6.28. The number of rotatable bonds is 2. The standard InChI is InChI=1S/C16H24N2OS/c1-11-6-4-3-5-7-14(11)18-15(13-8-9-20-10-13)17-12(2)16(18)19/h8-12,14-15,17H,3-7H2,1-2H3. The van der Waals surface area contributed by atoms with Gasteiger partial charge in [0.2, 0.25) is 5.91 Å². The Morgan fingerprint density at radius 3 is 2.80 bits per heavy atom. The van der Waals surface area contributed by atoms with Gasteiger partial charge in [-0.3, -0.25) is 10.1 Å². The zero-order chi connectivity index (χ0) is 14.1. The van der Waals surface area contributed by atoms with Crippen molar-refractivity contribution in [3.05, 3.63) is 22.4 Å². The minimum atomic E-state index is -0.0599. The molecule has 1 saturated heterocycles. The lowest BCUT2D eigenvalue weighted by atomic mass is 9.94. The van der Waals surface area contributed by atoms with Crippen LogP contribution in [0.15, 0.2) is 16.8 Å². The van der Waals surface area contributed by atoms with Gasteiger partial charge in [-0.2, -0.15) is 11.3 Å². The molecule has 110 valence electrons. The molecule has 1 amide bonds. The third kappa shape index (κ3) is 2.51. The zero-order valence-corrected chi connectivity index (χ0v) is 13.2. The summed E-state index contributed by atoms with van der Waals surface area (Å²) in [7, 11) is 0. The van der Waals surface area contributed by atoms with Crippen LogP contribution < -0.4 is 5.32 Å². The average molecular weight is 292 g/mol. The summed E-state index contributed by atoms with van der Waals surface area (Å²) in [5.74, 6) is 0.884. The van der Waals surface area contributed by atoms with Crippen LogP contribution in [0, 0.1) is 5.92 Å². The number of amides is 1. The summed E-state index contributed by atoms with van der Waals surface area (Å²) in [4.78, 5) is 14.8. The van der Waals surface area contributed by atoms with Gasteiger partial charge in [-0.1, -0.05) is 26.2 Å². The average Bonchev–Trinajstić information content (AvgIpc) is 2.99. The number of hydrogen-bond donors (Lipinski definition) is 1. The first kappa shape index (κ1) is 14.1. The highest BCUT2D eigenvalue weighted by molar-refractivity contribution is 7.07. The number of carbonyl (C=O) groups excluding carboxylic acids is 1. The number of carbonyl (C=O) groups is 1. The van der Waals surface area contributed by atoms with Crippen LogP contribution in [0.5, 0.6) is 0 Å². The highest BCUT2D eigenvalue weighted by Gasteiger charge is 2.42. The molecule has 1 N–H and O–H groups in total. The maximum absolute atomic E-state index is 12.6. The van der Waals surface area contributed by atoms with E-state index < -0.39 is 0 Å². The molecule has 4 heteroatoms. The van der Waals surface area contributed by atoms with E-state index in [2.05, 4.69) is 34.0 Å². The van der Waals surface area contributed by atoms with Gasteiger partial charge in [-0.05, 0) is 48.1 Å². The van der Waals surface area contributed by atoms with Crippen molar-refractivity contribution in [2.45, 2.75) is 64.2 Å². The van der Waals surface area contributed by atoms with Crippen LogP contribution in [0.4, 0.5) is 0 Å². The lowest BCUT2D eigenvalue weighted by molar-refractivity contribution is -0.133. The Kier molecular flexibility index (Phi) is 4.13. The highest BCUT2D eigenvalue weighted by atomic mass is 32.1. The fraction of sp³-hybridized carbons (Fsp3) is 0.688. The molecule has 0 spiro atoms. The summed E-state index contributed by atoms with van der Waals surface area (Å²) in [5.41, 5.74) is 1.24. The van der Waals surface area contributed by atoms with Crippen molar-refractivity contribution in [2.24, 2.45) is 5.92 Å². The Labute approximate surface area is 125 Å². The minimum absolute atomic E-state index is 0.0599. The van der Waals surface area contributed by atoms with Crippen molar-refractivity contribution in [1.82, 2.24) is 10.2 Å². The fourth-order valence-corrected chi connectivity index (χ4v) is 4.35. The van der Waals surface area contributed by atoms with E-state index in [1.807, 2.05) is 6.92 Å². The summed E-state index contributed by atoms with van der Waals surface area (Å²) in [6.07, 6.45) is 6.36. The number of hydrogen-bond acceptors (Lipinski definition) is 3. The molecule has 1 saturated carbocycles. The van der Waals surface area contributed by atoms with Crippen molar-refractivity contribution in [3.8, 4) is 0 Å². The summed E-state index contributed by atoms with van der Waals surface area (Å²) >= 11 is 1.70. The molecule has 4 unspecified atom stereocenters. The molecule has 3 nitrogen and oxygen atoms in total. The smallest absolute Gasteiger partial charge is 0.241 e. The molecule has 0 bridgehead atoms. The largest absolute Gasteiger partial charge is 0.318 e. The van der Waals surface area contributed by atoms with Gasteiger partial charge in [0, 0.05) is 6.04 Å². The molecule has 2 aliphatic rings. The molecular formula is C16H24N2OS. The van der Waals surface area contributed by atoms with E-state index in [1.165, 1.54) is 31.2 Å². The highest BCUT2D eigenvalue weighted by Crippen LogP contribution is 2.35. The summed E-state index contributed by atoms with van der Waals surface area (Å²) in [6.45, 7) is 4.31. The van der Waals surface area contributed by atoms with Gasteiger partial charge in [0.05, 0.1) is 6.04 Å². The molecular weight excluding hydrogens is 268 g/mol. The first-order valence-electron chi connectivity index (χ1n) is 7.79. The van der Waals surface area contributed by atoms with Crippen molar-refractivity contribution in [3.63, 3.8) is 0 Å². The van der Waals surface area contributed by atoms with Crippen LogP contribution in [0.2, 0.25) is 0 Å². The Hall–Kier alpha value is -0.870. The minimum Gasteiger partial charge on any atom is -0.318 e. The maximum atomic E-state index is 12.6. The molecule has 0 radical (unpaired) electrons. The summed E-state index contributed by atoms with van der Waals surface area (Å²) in [5, 5.41) is 7.74. The molecule has 3 rings (SSSR count). The van der Waals surface area contributed by atoms with Crippen molar-refractivity contribution in [1.29, 1.82) is 0 Å². The van der Waals surface area contributed by atoms with Gasteiger partial charge in [-0.15, -0.1) is 0 Å². The van der Waals surface area contributed by atoms with Gasteiger partial charge < -0.3 is 4.90 Å². The molecule has 2 fully saturated rings. The number of nitrogens with one attached hydrogen (secondary N) is 1. The normalized spacial score (nSPS) is 35.3. The van der Waals surface area contributed by atoms with E-state index in [0.717, 1.165) is 6.42 Å². The van der Waals surface area contributed by atoms with Crippen molar-refractivity contribution >= 4 is 17.2 Å². The molecule has 1 aromatic rings. The Morgan fingerprint density at radius 1 is 1.25 bits per heavy atom. The van der Waals surface area contributed by atoms with E-state index in [0.29, 0.717) is 12.0 Å². The Balaban J connectivity index is 1.88. The lowest BCUT2D eigenvalue weighted by Crippen LogP contribution is -2.43. The molecule has 2 heterocycles. The van der Waals surface area contributed by atoms with Crippen LogP contribution in [-0.4, -0.2) is 22.9 Å². The topological polar surface area (TPSA) is 32.3 Å². The van der Waals surface area contributed by atoms with Crippen LogP contribution in [0.1, 0.15) is 57.7 Å². The van der Waals surface area contributed by atoms with Crippen LogP contribution in [-0.2, 0) is 4.79 Å². The van der Waals surface area contributed by atoms with Gasteiger partial charge >= 0.3 is 0 Å². The number of nitrogens with zero attached hydrogens (tertiary/aromatic N) is 1.